The number of thioether (sulfide) groups is 1. The minimum Gasteiger partial charge on any atom is -0.493 e. The molecule has 53 heavy (non-hydrogen) atoms. The Morgan fingerprint density at radius 2 is 1.64 bits per heavy atom. The lowest BCUT2D eigenvalue weighted by atomic mass is 10.0. The number of imide groups is 2. The molecule has 0 aromatic heterocycles. The molecule has 7 amide bonds. The first-order valence-electron chi connectivity index (χ1n) is 17.4. The predicted molar refractivity (Wildman–Crippen MR) is 185 cm³/mol. The van der Waals surface area contributed by atoms with Gasteiger partial charge in [-0.3, -0.25) is 44.2 Å². The van der Waals surface area contributed by atoms with Gasteiger partial charge in [-0.15, -0.1) is 0 Å². The van der Waals surface area contributed by atoms with E-state index in [9.17, 15) is 43.7 Å². The molecule has 290 valence electrons. The van der Waals surface area contributed by atoms with Crippen molar-refractivity contribution >= 4 is 59.2 Å². The van der Waals surface area contributed by atoms with Crippen molar-refractivity contribution in [3.05, 3.63) is 27.8 Å². The number of nitro groups is 1. The second kappa shape index (κ2) is 19.6. The lowest BCUT2D eigenvalue weighted by molar-refractivity contribution is -0.386. The number of nitrogens with one attached hydrogen (secondary N) is 4. The number of nitro benzene ring substituents is 1. The molecule has 4 atom stereocenters. The standard InChI is InChI=1S/C33H44N6O13S/c1-19(51-33(46)52-38-29(43)12-13-30(38)44)20-16-23(49-2)24(17-22(20)39(47)48)50-15-7-11-26(40)34-14-6-5-10-28(42)36-27(41)9-4-3-8-25-31-21(18-53-25)35-32(45)37-31/h16-17,19,21,25,31H,3-15,18H2,1-2H3,(H,34,40)(H2,35,37,45)(H,36,41,42)/t19?,21-,25-,31-/m0/s1. The van der Waals surface area contributed by atoms with Crippen molar-refractivity contribution in [3.63, 3.8) is 0 Å². The molecule has 0 aliphatic carbocycles. The van der Waals surface area contributed by atoms with Crippen LogP contribution in [0.5, 0.6) is 11.5 Å². The van der Waals surface area contributed by atoms with Crippen molar-refractivity contribution in [2.24, 2.45) is 0 Å². The summed E-state index contributed by atoms with van der Waals surface area (Å²) in [4.78, 5) is 99.4. The Bertz CT molecular complexity index is 1560. The van der Waals surface area contributed by atoms with E-state index in [0.29, 0.717) is 36.1 Å². The maximum Gasteiger partial charge on any atom is 0.534 e. The molecule has 20 heteroatoms. The van der Waals surface area contributed by atoms with Gasteiger partial charge in [0.15, 0.2) is 11.5 Å². The fourth-order valence-corrected chi connectivity index (χ4v) is 7.52. The number of hydrogen-bond donors (Lipinski definition) is 4. The molecule has 0 bridgehead atoms. The highest BCUT2D eigenvalue weighted by atomic mass is 32.2. The number of hydrogen-bond acceptors (Lipinski definition) is 14. The molecule has 0 radical (unpaired) electrons. The molecular weight excluding hydrogens is 720 g/mol. The van der Waals surface area contributed by atoms with Crippen LogP contribution in [0, 0.1) is 10.1 Å². The molecule has 1 aromatic rings. The molecule has 19 nitrogen and oxygen atoms in total. The molecule has 1 aromatic carbocycles. The third-order valence-electron chi connectivity index (χ3n) is 8.71. The summed E-state index contributed by atoms with van der Waals surface area (Å²) in [6, 6.07) is 2.51. The Labute approximate surface area is 309 Å². The van der Waals surface area contributed by atoms with Gasteiger partial charge in [-0.05, 0) is 45.1 Å². The lowest BCUT2D eigenvalue weighted by Crippen LogP contribution is -2.36. The van der Waals surface area contributed by atoms with Crippen LogP contribution >= 0.6 is 11.8 Å². The lowest BCUT2D eigenvalue weighted by Gasteiger charge is -2.18. The summed E-state index contributed by atoms with van der Waals surface area (Å²) in [7, 11) is 1.31. The maximum atomic E-state index is 12.3. The zero-order valence-electron chi connectivity index (χ0n) is 29.5. The molecule has 4 N–H and O–H groups in total. The van der Waals surface area contributed by atoms with E-state index in [1.807, 2.05) is 11.8 Å². The quantitative estimate of drug-likeness (QED) is 0.0372. The molecular formula is C33H44N6O13S. The monoisotopic (exact) mass is 764 g/mol. The molecule has 3 fully saturated rings. The number of carbonyl (C=O) groups excluding carboxylic acids is 7. The first kappa shape index (κ1) is 40.6. The zero-order valence-corrected chi connectivity index (χ0v) is 30.3. The number of urea groups is 1. The molecule has 3 heterocycles. The number of carbonyl (C=O) groups is 7. The van der Waals surface area contributed by atoms with Crippen molar-refractivity contribution in [2.75, 3.05) is 26.0 Å². The van der Waals surface area contributed by atoms with Crippen LogP contribution < -0.4 is 30.7 Å². The summed E-state index contributed by atoms with van der Waals surface area (Å²) in [6.07, 6.45) is 1.23. The number of rotatable bonds is 20. The van der Waals surface area contributed by atoms with Crippen LogP contribution in [-0.4, -0.2) is 95.1 Å². The smallest absolute Gasteiger partial charge is 0.493 e. The molecule has 3 saturated heterocycles. The van der Waals surface area contributed by atoms with Crippen LogP contribution in [0.4, 0.5) is 15.3 Å². The van der Waals surface area contributed by atoms with Crippen molar-refractivity contribution in [2.45, 2.75) is 101 Å². The highest BCUT2D eigenvalue weighted by Crippen LogP contribution is 2.39. The largest absolute Gasteiger partial charge is 0.534 e. The molecule has 0 spiro atoms. The predicted octanol–water partition coefficient (Wildman–Crippen LogP) is 2.70. The van der Waals surface area contributed by atoms with Crippen molar-refractivity contribution in [3.8, 4) is 11.5 Å². The van der Waals surface area contributed by atoms with Gasteiger partial charge in [0.05, 0.1) is 42.4 Å². The Morgan fingerprint density at radius 3 is 2.32 bits per heavy atom. The Morgan fingerprint density at radius 1 is 0.962 bits per heavy atom. The second-order valence-corrected chi connectivity index (χ2v) is 13.9. The number of fused-ring (bicyclic) bond motifs is 1. The second-order valence-electron chi connectivity index (χ2n) is 12.6. The van der Waals surface area contributed by atoms with Gasteiger partial charge in [0.1, 0.15) is 6.10 Å². The zero-order chi connectivity index (χ0) is 38.5. The first-order chi connectivity index (χ1) is 25.4. The number of hydroxylamine groups is 2. The van der Waals surface area contributed by atoms with E-state index < -0.39 is 34.7 Å². The Balaban J connectivity index is 1.08. The normalized spacial score (nSPS) is 19.5. The summed E-state index contributed by atoms with van der Waals surface area (Å²) in [6.45, 7) is 1.68. The van der Waals surface area contributed by atoms with Gasteiger partial charge >= 0.3 is 12.2 Å². The Kier molecular flexibility index (Phi) is 15.0. The summed E-state index contributed by atoms with van der Waals surface area (Å²) in [5.41, 5.74) is -0.529. The Hall–Kier alpha value is -5.14. The molecule has 3 aliphatic rings. The number of unbranched alkanes of at least 4 members (excludes halogenated alkanes) is 2. The highest BCUT2D eigenvalue weighted by molar-refractivity contribution is 8.00. The van der Waals surface area contributed by atoms with Gasteiger partial charge in [-0.1, -0.05) is 11.5 Å². The van der Waals surface area contributed by atoms with Crippen LogP contribution in [0.2, 0.25) is 0 Å². The minimum atomic E-state index is -1.40. The average Bonchev–Trinajstić information content (AvgIpc) is 3.77. The van der Waals surface area contributed by atoms with E-state index in [2.05, 4.69) is 26.1 Å². The van der Waals surface area contributed by atoms with E-state index in [-0.39, 0.29) is 98.0 Å². The topological polar surface area (TPSA) is 251 Å². The number of nitrogens with zero attached hydrogens (tertiary/aromatic N) is 2. The van der Waals surface area contributed by atoms with Crippen LogP contribution in [0.1, 0.15) is 89.2 Å². The SMILES string of the molecule is COc1cc(C(C)OC(=O)ON2C(=O)CCC2=O)c([N+](=O)[O-])cc1OCCCC(=O)NCCCCC(=O)NC(=O)CCCC[C@@H]1SC[C@@H]2NC(=O)N[C@@H]21. The van der Waals surface area contributed by atoms with E-state index in [1.54, 1.807) is 0 Å². The van der Waals surface area contributed by atoms with E-state index >= 15 is 0 Å². The van der Waals surface area contributed by atoms with Gasteiger partial charge in [0, 0.05) is 49.7 Å². The van der Waals surface area contributed by atoms with Crippen LogP contribution in [0.25, 0.3) is 0 Å². The molecule has 3 aliphatic heterocycles. The summed E-state index contributed by atoms with van der Waals surface area (Å²) in [5.74, 6) is -1.38. The van der Waals surface area contributed by atoms with Crippen LogP contribution in [-0.2, 0) is 33.5 Å². The first-order valence-corrected chi connectivity index (χ1v) is 18.4. The van der Waals surface area contributed by atoms with E-state index in [1.165, 1.54) is 20.1 Å². The van der Waals surface area contributed by atoms with Crippen molar-refractivity contribution in [1.29, 1.82) is 0 Å². The molecule has 4 rings (SSSR count). The van der Waals surface area contributed by atoms with Gasteiger partial charge in [-0.25, -0.2) is 9.59 Å². The van der Waals surface area contributed by atoms with Crippen molar-refractivity contribution < 1.29 is 57.5 Å². The molecule has 1 unspecified atom stereocenters. The molecule has 0 saturated carbocycles. The third kappa shape index (κ3) is 11.9. The van der Waals surface area contributed by atoms with Crippen LogP contribution in [0.3, 0.4) is 0 Å². The number of benzene rings is 1. The third-order valence-corrected chi connectivity index (χ3v) is 10.2. The van der Waals surface area contributed by atoms with Gasteiger partial charge in [-0.2, -0.15) is 11.8 Å². The van der Waals surface area contributed by atoms with E-state index in [0.717, 1.165) is 24.7 Å². The average molecular weight is 765 g/mol. The summed E-state index contributed by atoms with van der Waals surface area (Å²) in [5, 5.41) is 23.5. The van der Waals surface area contributed by atoms with Gasteiger partial charge in [0.25, 0.3) is 17.5 Å². The van der Waals surface area contributed by atoms with Gasteiger partial charge in [0.2, 0.25) is 17.7 Å². The number of amides is 7. The number of ether oxygens (including phenoxy) is 3. The highest BCUT2D eigenvalue weighted by Gasteiger charge is 2.42. The number of methoxy groups -OCH3 is 1. The fraction of sp³-hybridized carbons (Fsp3) is 0.606. The maximum absolute atomic E-state index is 12.3. The fourth-order valence-electron chi connectivity index (χ4n) is 5.98. The van der Waals surface area contributed by atoms with Crippen molar-refractivity contribution in [1.82, 2.24) is 26.3 Å². The minimum absolute atomic E-state index is 0.0149. The van der Waals surface area contributed by atoms with Gasteiger partial charge < -0.3 is 30.2 Å². The van der Waals surface area contributed by atoms with Crippen LogP contribution in [0.15, 0.2) is 12.1 Å². The summed E-state index contributed by atoms with van der Waals surface area (Å²) < 4.78 is 16.0. The van der Waals surface area contributed by atoms with E-state index in [4.69, 9.17) is 14.2 Å². The summed E-state index contributed by atoms with van der Waals surface area (Å²) >= 11 is 1.82.